The van der Waals surface area contributed by atoms with Gasteiger partial charge in [0.05, 0.1) is 35.1 Å². The Balaban J connectivity index is 1.22. The maximum absolute atomic E-state index is 13.9. The minimum absolute atomic E-state index is 0.0164. The van der Waals surface area contributed by atoms with Crippen LogP contribution in [0.25, 0.3) is 0 Å². The standard InChI is InChI=1S/C37H47N3O5/c1-22(2)28-17-24-18-35(21-41)27-13-11-23(3)26(27)19-36(24,37(28,35)34(43)44)31-14-12-25(45-31)20-40(4)32(29-9-5-7-15-38-29)33(42)30-10-6-8-16-39-30/h5-10,15-17,21-27,31-33,42H,11-14,18-20H2,1-4H3,(H,43,44)/t23-,24?,25?,26-,27-,31?,32?,33?,35?,36?,37?/m1/s1. The van der Waals surface area contributed by atoms with Gasteiger partial charge in [-0.15, -0.1) is 0 Å². The molecule has 0 radical (unpaired) electrons. The number of aliphatic hydroxyl groups excluding tert-OH is 1. The summed E-state index contributed by atoms with van der Waals surface area (Å²) in [5, 5.41) is 22.9. The van der Waals surface area contributed by atoms with Gasteiger partial charge in [0.1, 0.15) is 17.8 Å². The van der Waals surface area contributed by atoms with Crippen LogP contribution in [-0.4, -0.2) is 63.1 Å². The predicted molar refractivity (Wildman–Crippen MR) is 169 cm³/mol. The highest BCUT2D eigenvalue weighted by atomic mass is 16.5. The molecule has 4 bridgehead atoms. The Kier molecular flexibility index (Phi) is 7.57. The van der Waals surface area contributed by atoms with E-state index in [1.807, 2.05) is 43.4 Å². The van der Waals surface area contributed by atoms with Gasteiger partial charge in [0.15, 0.2) is 0 Å². The molecule has 11 atom stereocenters. The van der Waals surface area contributed by atoms with Crippen LogP contribution in [-0.2, 0) is 14.3 Å². The average Bonchev–Trinajstić information content (AvgIpc) is 3.77. The lowest BCUT2D eigenvalue weighted by atomic mass is 9.41. The third-order valence-corrected chi connectivity index (χ3v) is 12.9. The molecule has 8 heteroatoms. The van der Waals surface area contributed by atoms with Crippen molar-refractivity contribution in [3.63, 3.8) is 0 Å². The molecule has 8 unspecified atom stereocenters. The van der Waals surface area contributed by atoms with Gasteiger partial charge in [-0.3, -0.25) is 19.7 Å². The SMILES string of the molecule is CC(C)C1=CC2CC3(C=O)[C@@H]4CC[C@@H](C)[C@H]4CC2(C2CCC(CN(C)C(c4ccccn4)C(O)c4ccccn4)O2)C13C(=O)O. The van der Waals surface area contributed by atoms with Crippen molar-refractivity contribution >= 4 is 12.3 Å². The topological polar surface area (TPSA) is 113 Å². The number of carbonyl (C=O) groups excluding carboxylic acids is 1. The average molecular weight is 614 g/mol. The Morgan fingerprint density at radius 1 is 1.07 bits per heavy atom. The first-order valence-electron chi connectivity index (χ1n) is 16.9. The molecule has 4 fully saturated rings. The highest BCUT2D eigenvalue weighted by Crippen LogP contribution is 2.84. The Bertz CT molecular complexity index is 1470. The highest BCUT2D eigenvalue weighted by Gasteiger charge is 2.86. The molecule has 3 saturated carbocycles. The lowest BCUT2D eigenvalue weighted by molar-refractivity contribution is -0.197. The summed E-state index contributed by atoms with van der Waals surface area (Å²) in [6.07, 6.45) is 10.4. The lowest BCUT2D eigenvalue weighted by Crippen LogP contribution is -2.65. The van der Waals surface area contributed by atoms with E-state index >= 15 is 0 Å². The van der Waals surface area contributed by atoms with Crippen molar-refractivity contribution < 1.29 is 24.5 Å². The largest absolute Gasteiger partial charge is 0.481 e. The van der Waals surface area contributed by atoms with Crippen LogP contribution in [0.3, 0.4) is 0 Å². The molecule has 0 amide bonds. The zero-order valence-electron chi connectivity index (χ0n) is 26.9. The van der Waals surface area contributed by atoms with Gasteiger partial charge < -0.3 is 19.7 Å². The number of carbonyl (C=O) groups is 2. The van der Waals surface area contributed by atoms with Crippen LogP contribution in [0.1, 0.15) is 82.8 Å². The van der Waals surface area contributed by atoms with Crippen molar-refractivity contribution in [3.8, 4) is 0 Å². The summed E-state index contributed by atoms with van der Waals surface area (Å²) in [4.78, 5) is 38.5. The Morgan fingerprint density at radius 2 is 1.78 bits per heavy atom. The first-order chi connectivity index (χ1) is 21.6. The summed E-state index contributed by atoms with van der Waals surface area (Å²) in [7, 11) is 1.99. The van der Waals surface area contributed by atoms with Crippen molar-refractivity contribution in [1.29, 1.82) is 0 Å². The molecule has 2 N–H and O–H groups in total. The minimum atomic E-state index is -1.23. The van der Waals surface area contributed by atoms with Crippen molar-refractivity contribution in [3.05, 3.63) is 71.8 Å². The number of aldehydes is 1. The summed E-state index contributed by atoms with van der Waals surface area (Å²) in [6, 6.07) is 10.8. The van der Waals surface area contributed by atoms with Crippen LogP contribution >= 0.6 is 0 Å². The van der Waals surface area contributed by atoms with Gasteiger partial charge in [0.2, 0.25) is 0 Å². The summed E-state index contributed by atoms with van der Waals surface area (Å²) in [5.41, 5.74) is -0.478. The quantitative estimate of drug-likeness (QED) is 0.261. The smallest absolute Gasteiger partial charge is 0.315 e. The monoisotopic (exact) mass is 613 g/mol. The molecule has 4 aliphatic carbocycles. The maximum Gasteiger partial charge on any atom is 0.315 e. The molecule has 1 aliphatic heterocycles. The van der Waals surface area contributed by atoms with E-state index in [1.165, 1.54) is 0 Å². The number of carboxylic acids is 1. The van der Waals surface area contributed by atoms with Crippen LogP contribution in [0.4, 0.5) is 0 Å². The van der Waals surface area contributed by atoms with E-state index in [9.17, 15) is 19.8 Å². The molecule has 240 valence electrons. The van der Waals surface area contributed by atoms with E-state index in [-0.39, 0.29) is 30.0 Å². The Hall–Kier alpha value is -2.94. The van der Waals surface area contributed by atoms with Crippen LogP contribution in [0.2, 0.25) is 0 Å². The molecule has 2 aromatic heterocycles. The number of likely N-dealkylation sites (N-methyl/N-ethyl adjacent to an activating group) is 1. The summed E-state index contributed by atoms with van der Waals surface area (Å²) in [5.74, 6) is 0.136. The fraction of sp³-hybridized carbons (Fsp3) is 0.622. The summed E-state index contributed by atoms with van der Waals surface area (Å²) < 4.78 is 7.05. The number of aliphatic carboxylic acids is 1. The van der Waals surface area contributed by atoms with Gasteiger partial charge in [-0.2, -0.15) is 0 Å². The number of carboxylic acid groups (broad SMARTS) is 1. The number of pyridine rings is 2. The van der Waals surface area contributed by atoms with Gasteiger partial charge in [-0.1, -0.05) is 51.0 Å². The number of aliphatic hydroxyl groups is 1. The molecule has 5 aliphatic rings. The van der Waals surface area contributed by atoms with Gasteiger partial charge in [0, 0.05) is 24.4 Å². The highest BCUT2D eigenvalue weighted by molar-refractivity contribution is 5.90. The van der Waals surface area contributed by atoms with E-state index in [0.29, 0.717) is 30.5 Å². The number of aromatic nitrogens is 2. The molecule has 8 nitrogen and oxygen atoms in total. The molecule has 2 aromatic rings. The third kappa shape index (κ3) is 4.07. The number of hydrogen-bond donors (Lipinski definition) is 2. The molecule has 45 heavy (non-hydrogen) atoms. The molecule has 7 rings (SSSR count). The van der Waals surface area contributed by atoms with E-state index < -0.39 is 34.4 Å². The zero-order chi connectivity index (χ0) is 31.7. The second-order valence-corrected chi connectivity index (χ2v) is 15.0. The fourth-order valence-electron chi connectivity index (χ4n) is 11.4. The van der Waals surface area contributed by atoms with Gasteiger partial charge >= 0.3 is 5.97 Å². The van der Waals surface area contributed by atoms with Crippen molar-refractivity contribution in [2.24, 2.45) is 45.8 Å². The normalized spacial score (nSPS) is 39.6. The number of rotatable bonds is 10. The van der Waals surface area contributed by atoms with E-state index in [0.717, 1.165) is 49.7 Å². The van der Waals surface area contributed by atoms with Crippen molar-refractivity contribution in [2.75, 3.05) is 13.6 Å². The second-order valence-electron chi connectivity index (χ2n) is 15.0. The van der Waals surface area contributed by atoms with Crippen LogP contribution in [0.15, 0.2) is 60.4 Å². The second kappa shape index (κ2) is 11.1. The van der Waals surface area contributed by atoms with E-state index in [4.69, 9.17) is 4.74 Å². The van der Waals surface area contributed by atoms with E-state index in [2.05, 4.69) is 41.7 Å². The van der Waals surface area contributed by atoms with Crippen LogP contribution in [0.5, 0.6) is 0 Å². The fourth-order valence-corrected chi connectivity index (χ4v) is 11.4. The van der Waals surface area contributed by atoms with Crippen LogP contribution in [0, 0.1) is 45.8 Å². The molecule has 0 aromatic carbocycles. The summed E-state index contributed by atoms with van der Waals surface area (Å²) in [6.45, 7) is 7.03. The summed E-state index contributed by atoms with van der Waals surface area (Å²) >= 11 is 0. The number of fused-ring (bicyclic) bond motifs is 2. The number of hydrogen-bond acceptors (Lipinski definition) is 7. The van der Waals surface area contributed by atoms with Gasteiger partial charge in [-0.05, 0) is 93.0 Å². The molecule has 3 heterocycles. The molecular formula is C37H47N3O5. The molecular weight excluding hydrogens is 566 g/mol. The number of ether oxygens (including phenoxy) is 1. The lowest BCUT2D eigenvalue weighted by Gasteiger charge is -2.60. The van der Waals surface area contributed by atoms with Crippen molar-refractivity contribution in [1.82, 2.24) is 14.9 Å². The third-order valence-electron chi connectivity index (χ3n) is 12.9. The molecule has 1 saturated heterocycles. The minimum Gasteiger partial charge on any atom is -0.481 e. The van der Waals surface area contributed by atoms with E-state index in [1.54, 1.807) is 12.4 Å². The Morgan fingerprint density at radius 3 is 2.40 bits per heavy atom. The van der Waals surface area contributed by atoms with Crippen LogP contribution < -0.4 is 0 Å². The number of nitrogens with zero attached hydrogens (tertiary/aromatic N) is 3. The first-order valence-corrected chi connectivity index (χ1v) is 16.9. The predicted octanol–water partition coefficient (Wildman–Crippen LogP) is 5.66. The zero-order valence-corrected chi connectivity index (χ0v) is 26.9. The van der Waals surface area contributed by atoms with Gasteiger partial charge in [-0.25, -0.2) is 0 Å². The molecule has 0 spiro atoms. The Labute approximate surface area is 266 Å². The van der Waals surface area contributed by atoms with Gasteiger partial charge in [0.25, 0.3) is 0 Å². The maximum atomic E-state index is 13.9. The first kappa shape index (κ1) is 30.7. The van der Waals surface area contributed by atoms with Crippen molar-refractivity contribution in [2.45, 2.75) is 83.6 Å². The number of allylic oxidation sites excluding steroid dienone is 1.